The molecule has 0 aliphatic heterocycles. The highest BCUT2D eigenvalue weighted by molar-refractivity contribution is 5.01. The normalized spacial score (nSPS) is 35.2. The molecule has 0 amide bonds. The molecule has 2 fully saturated rings. The zero-order valence-corrected chi connectivity index (χ0v) is 9.00. The highest BCUT2D eigenvalue weighted by Gasteiger charge is 2.47. The number of hydrogen-bond acceptors (Lipinski definition) is 3. The number of fused-ring (bicyclic) bond motifs is 1. The van der Waals surface area contributed by atoms with Gasteiger partial charge in [0.25, 0.3) is 0 Å². The van der Waals surface area contributed by atoms with Crippen molar-refractivity contribution in [1.29, 1.82) is 0 Å². The van der Waals surface area contributed by atoms with E-state index in [4.69, 9.17) is 0 Å². The van der Waals surface area contributed by atoms with Crippen LogP contribution in [0, 0.1) is 17.8 Å². The van der Waals surface area contributed by atoms with Crippen LogP contribution in [0.1, 0.15) is 25.0 Å². The molecular weight excluding hydrogens is 190 g/mol. The second-order valence-electron chi connectivity index (χ2n) is 5.14. The summed E-state index contributed by atoms with van der Waals surface area (Å²) in [4.78, 5) is 0. The van der Waals surface area contributed by atoms with E-state index in [1.807, 2.05) is 13.2 Å². The van der Waals surface area contributed by atoms with Gasteiger partial charge in [0, 0.05) is 19.7 Å². The van der Waals surface area contributed by atoms with Gasteiger partial charge >= 0.3 is 0 Å². The summed E-state index contributed by atoms with van der Waals surface area (Å²) >= 11 is 0. The van der Waals surface area contributed by atoms with E-state index in [1.54, 1.807) is 4.68 Å². The molecule has 1 aromatic heterocycles. The van der Waals surface area contributed by atoms with Gasteiger partial charge in [0.1, 0.15) is 0 Å². The van der Waals surface area contributed by atoms with Gasteiger partial charge in [-0.3, -0.25) is 4.68 Å². The molecule has 0 aromatic carbocycles. The van der Waals surface area contributed by atoms with Gasteiger partial charge in [-0.2, -0.15) is 0 Å². The fourth-order valence-corrected chi connectivity index (χ4v) is 2.95. The van der Waals surface area contributed by atoms with Crippen molar-refractivity contribution in [2.75, 3.05) is 0 Å². The third kappa shape index (κ3) is 1.78. The van der Waals surface area contributed by atoms with Gasteiger partial charge in [0.2, 0.25) is 0 Å². The zero-order valence-electron chi connectivity index (χ0n) is 9.00. The minimum absolute atomic E-state index is 0.213. The van der Waals surface area contributed by atoms with Crippen molar-refractivity contribution in [3.8, 4) is 0 Å². The smallest absolute Gasteiger partial charge is 0.0852 e. The average molecular weight is 207 g/mol. The lowest BCUT2D eigenvalue weighted by atomic mass is 9.94. The third-order valence-electron chi connectivity index (χ3n) is 3.89. The largest absolute Gasteiger partial charge is 0.392 e. The Kier molecular flexibility index (Phi) is 2.06. The highest BCUT2D eigenvalue weighted by Crippen LogP contribution is 2.55. The van der Waals surface area contributed by atoms with Crippen molar-refractivity contribution >= 4 is 0 Å². The lowest BCUT2D eigenvalue weighted by molar-refractivity contribution is 0.103. The third-order valence-corrected chi connectivity index (χ3v) is 3.89. The van der Waals surface area contributed by atoms with Crippen molar-refractivity contribution in [3.63, 3.8) is 0 Å². The Bertz CT molecular complexity index is 352. The number of aliphatic hydroxyl groups excluding tert-OH is 1. The topological polar surface area (TPSA) is 50.9 Å². The Hall–Kier alpha value is -0.900. The number of nitrogens with zero attached hydrogens (tertiary/aromatic N) is 3. The Morgan fingerprint density at radius 1 is 1.47 bits per heavy atom. The second-order valence-corrected chi connectivity index (χ2v) is 5.14. The monoisotopic (exact) mass is 207 g/mol. The minimum Gasteiger partial charge on any atom is -0.392 e. The molecule has 4 nitrogen and oxygen atoms in total. The number of aromatic nitrogens is 3. The van der Waals surface area contributed by atoms with E-state index in [1.165, 1.54) is 19.3 Å². The molecule has 2 aliphatic rings. The van der Waals surface area contributed by atoms with Crippen molar-refractivity contribution in [2.45, 2.75) is 31.8 Å². The van der Waals surface area contributed by atoms with Crippen LogP contribution >= 0.6 is 0 Å². The number of rotatable bonds is 3. The molecule has 4 heteroatoms. The summed E-state index contributed by atoms with van der Waals surface area (Å²) < 4.78 is 1.69. The van der Waals surface area contributed by atoms with Crippen molar-refractivity contribution in [3.05, 3.63) is 11.9 Å². The van der Waals surface area contributed by atoms with Crippen LogP contribution in [-0.2, 0) is 13.5 Å². The van der Waals surface area contributed by atoms with Crippen LogP contribution < -0.4 is 0 Å². The molecule has 0 spiro atoms. The summed E-state index contributed by atoms with van der Waals surface area (Å²) in [7, 11) is 1.85. The molecule has 0 saturated heterocycles. The van der Waals surface area contributed by atoms with Gasteiger partial charge in [0.05, 0.1) is 11.8 Å². The van der Waals surface area contributed by atoms with Crippen LogP contribution in [-0.4, -0.2) is 26.2 Å². The Morgan fingerprint density at radius 2 is 2.20 bits per heavy atom. The molecule has 82 valence electrons. The van der Waals surface area contributed by atoms with Crippen LogP contribution in [0.15, 0.2) is 6.20 Å². The van der Waals surface area contributed by atoms with E-state index in [-0.39, 0.29) is 6.10 Å². The van der Waals surface area contributed by atoms with Crippen LogP contribution in [0.25, 0.3) is 0 Å². The SMILES string of the molecule is Cn1cc(CC(O)C2CC3CC3C2)nn1. The maximum Gasteiger partial charge on any atom is 0.0852 e. The number of aliphatic hydroxyl groups is 1. The molecule has 15 heavy (non-hydrogen) atoms. The minimum atomic E-state index is -0.213. The van der Waals surface area contributed by atoms with Gasteiger partial charge in [-0.15, -0.1) is 5.10 Å². The van der Waals surface area contributed by atoms with Gasteiger partial charge < -0.3 is 5.11 Å². The number of hydrogen-bond donors (Lipinski definition) is 1. The van der Waals surface area contributed by atoms with E-state index in [9.17, 15) is 5.11 Å². The first kappa shape index (κ1) is 9.33. The standard InChI is InChI=1S/C11H17N3O/c1-14-6-10(12-13-14)5-11(15)9-3-7-2-8(7)4-9/h6-9,11,15H,2-5H2,1H3. The van der Waals surface area contributed by atoms with E-state index < -0.39 is 0 Å². The zero-order chi connectivity index (χ0) is 10.4. The molecule has 3 unspecified atom stereocenters. The van der Waals surface area contributed by atoms with Crippen LogP contribution in [0.3, 0.4) is 0 Å². The maximum atomic E-state index is 10.1. The van der Waals surface area contributed by atoms with E-state index in [2.05, 4.69) is 10.3 Å². The fraction of sp³-hybridized carbons (Fsp3) is 0.818. The summed E-state index contributed by atoms with van der Waals surface area (Å²) in [6.07, 6.45) is 6.21. The average Bonchev–Trinajstić information content (AvgIpc) is 2.61. The quantitative estimate of drug-likeness (QED) is 0.796. The molecule has 0 radical (unpaired) electrons. The first-order chi connectivity index (χ1) is 7.22. The Morgan fingerprint density at radius 3 is 2.80 bits per heavy atom. The molecule has 1 heterocycles. The van der Waals surface area contributed by atoms with Crippen molar-refractivity contribution in [1.82, 2.24) is 15.0 Å². The molecule has 1 aromatic rings. The summed E-state index contributed by atoms with van der Waals surface area (Å²) in [5.74, 6) is 2.38. The van der Waals surface area contributed by atoms with Gasteiger partial charge in [-0.1, -0.05) is 5.21 Å². The van der Waals surface area contributed by atoms with Crippen LogP contribution in [0.5, 0.6) is 0 Å². The molecule has 0 bridgehead atoms. The summed E-state index contributed by atoms with van der Waals surface area (Å²) in [6, 6.07) is 0. The lowest BCUT2D eigenvalue weighted by Gasteiger charge is -2.17. The summed E-state index contributed by atoms with van der Waals surface area (Å²) in [5.41, 5.74) is 0.908. The summed E-state index contributed by atoms with van der Waals surface area (Å²) in [5, 5.41) is 18.0. The van der Waals surface area contributed by atoms with Crippen molar-refractivity contribution in [2.24, 2.45) is 24.8 Å². The van der Waals surface area contributed by atoms with Crippen LogP contribution in [0.4, 0.5) is 0 Å². The van der Waals surface area contributed by atoms with E-state index in [0.29, 0.717) is 12.3 Å². The first-order valence-corrected chi connectivity index (χ1v) is 5.75. The van der Waals surface area contributed by atoms with Gasteiger partial charge in [-0.05, 0) is 37.0 Å². The molecular formula is C11H17N3O. The predicted octanol–water partition coefficient (Wildman–Crippen LogP) is 0.765. The summed E-state index contributed by atoms with van der Waals surface area (Å²) in [6.45, 7) is 0. The van der Waals surface area contributed by atoms with E-state index >= 15 is 0 Å². The molecule has 1 N–H and O–H groups in total. The predicted molar refractivity (Wildman–Crippen MR) is 55.0 cm³/mol. The van der Waals surface area contributed by atoms with Gasteiger partial charge in [-0.25, -0.2) is 0 Å². The lowest BCUT2D eigenvalue weighted by Crippen LogP contribution is -2.21. The molecule has 2 aliphatic carbocycles. The Labute approximate surface area is 89.3 Å². The molecule has 3 rings (SSSR count). The molecule has 2 saturated carbocycles. The number of aryl methyl sites for hydroxylation is 1. The first-order valence-electron chi connectivity index (χ1n) is 5.75. The fourth-order valence-electron chi connectivity index (χ4n) is 2.95. The Balaban J connectivity index is 1.58. The molecule has 3 atom stereocenters. The van der Waals surface area contributed by atoms with E-state index in [0.717, 1.165) is 17.5 Å². The van der Waals surface area contributed by atoms with Gasteiger partial charge in [0.15, 0.2) is 0 Å². The van der Waals surface area contributed by atoms with Crippen LogP contribution in [0.2, 0.25) is 0 Å². The van der Waals surface area contributed by atoms with Crippen molar-refractivity contribution < 1.29 is 5.11 Å². The highest BCUT2D eigenvalue weighted by atomic mass is 16.3. The maximum absolute atomic E-state index is 10.1. The second kappa shape index (κ2) is 3.30.